The van der Waals surface area contributed by atoms with Gasteiger partial charge in [0.2, 0.25) is 5.91 Å². The number of piperazine rings is 1. The summed E-state index contributed by atoms with van der Waals surface area (Å²) >= 11 is 0. The molecule has 1 aromatic heterocycles. The van der Waals surface area contributed by atoms with Crippen LogP contribution in [0.4, 0.5) is 13.2 Å². The zero-order valence-corrected chi connectivity index (χ0v) is 19.3. The van der Waals surface area contributed by atoms with Crippen LogP contribution in [0, 0.1) is 5.92 Å². The summed E-state index contributed by atoms with van der Waals surface area (Å²) in [5.41, 5.74) is -1.24. The second-order valence-electron chi connectivity index (χ2n) is 9.04. The first kappa shape index (κ1) is 25.2. The minimum atomic E-state index is -4.62. The Morgan fingerprint density at radius 3 is 2.21 bits per heavy atom. The molecule has 0 bridgehead atoms. The van der Waals surface area contributed by atoms with Crippen molar-refractivity contribution in [2.45, 2.75) is 57.3 Å². The molecule has 1 aliphatic carbocycles. The molecule has 2 unspecified atom stereocenters. The van der Waals surface area contributed by atoms with Gasteiger partial charge in [-0.2, -0.15) is 18.3 Å². The predicted octanol–water partition coefficient (Wildman–Crippen LogP) is 2.19. The first-order chi connectivity index (χ1) is 15.5. The van der Waals surface area contributed by atoms with E-state index >= 15 is 0 Å². The van der Waals surface area contributed by atoms with Crippen LogP contribution in [-0.4, -0.2) is 87.9 Å². The number of aryl methyl sites for hydroxylation is 1. The van der Waals surface area contributed by atoms with E-state index in [-0.39, 0.29) is 30.6 Å². The molecule has 2 aliphatic rings. The van der Waals surface area contributed by atoms with Gasteiger partial charge in [-0.1, -0.05) is 19.3 Å². The highest BCUT2D eigenvalue weighted by Crippen LogP contribution is 2.31. The van der Waals surface area contributed by atoms with Crippen molar-refractivity contribution in [2.24, 2.45) is 13.0 Å². The molecule has 2 atom stereocenters. The van der Waals surface area contributed by atoms with Crippen LogP contribution in [0.15, 0.2) is 6.07 Å². The third kappa shape index (κ3) is 5.56. The largest absolute Gasteiger partial charge is 0.435 e. The number of alkyl halides is 3. The summed E-state index contributed by atoms with van der Waals surface area (Å²) in [6, 6.07) is -0.0371. The molecule has 0 radical (unpaired) electrons. The molecule has 0 aromatic carbocycles. The number of aldehydes is 1. The highest BCUT2D eigenvalue weighted by Gasteiger charge is 2.39. The second-order valence-corrected chi connectivity index (χ2v) is 9.04. The maximum atomic E-state index is 13.5. The van der Waals surface area contributed by atoms with Crippen LogP contribution >= 0.6 is 0 Å². The molecular weight excluding hydrogens is 439 g/mol. The number of rotatable bonds is 6. The molecule has 2 heterocycles. The number of carbonyl (C=O) groups is 3. The number of carbonyl (C=O) groups excluding carboxylic acids is 3. The number of nitrogens with zero attached hydrogens (tertiary/aromatic N) is 5. The van der Waals surface area contributed by atoms with E-state index in [1.54, 1.807) is 18.9 Å². The predicted molar refractivity (Wildman–Crippen MR) is 114 cm³/mol. The SMILES string of the molecule is CC(C=O)N(C)C(C(=O)N1CCN(C(=O)c2cc(C(F)(F)F)nn2C)CC1)C1CCCCC1. The zero-order valence-electron chi connectivity index (χ0n) is 19.3. The summed E-state index contributed by atoms with van der Waals surface area (Å²) in [6.07, 6.45) is 1.35. The lowest BCUT2D eigenvalue weighted by atomic mass is 9.82. The fourth-order valence-corrected chi connectivity index (χ4v) is 4.79. The average Bonchev–Trinajstić information content (AvgIpc) is 3.21. The molecule has 3 rings (SSSR count). The van der Waals surface area contributed by atoms with Crippen molar-refractivity contribution in [3.05, 3.63) is 17.5 Å². The van der Waals surface area contributed by atoms with Gasteiger partial charge < -0.3 is 14.6 Å². The molecule has 33 heavy (non-hydrogen) atoms. The van der Waals surface area contributed by atoms with Gasteiger partial charge in [-0.05, 0) is 32.7 Å². The van der Waals surface area contributed by atoms with Crippen LogP contribution in [0.25, 0.3) is 0 Å². The van der Waals surface area contributed by atoms with Gasteiger partial charge in [-0.3, -0.25) is 19.2 Å². The molecule has 1 saturated carbocycles. The van der Waals surface area contributed by atoms with Crippen molar-refractivity contribution in [3.63, 3.8) is 0 Å². The summed E-state index contributed by atoms with van der Waals surface area (Å²) < 4.78 is 39.7. The minimum Gasteiger partial charge on any atom is -0.338 e. The molecule has 184 valence electrons. The van der Waals surface area contributed by atoms with E-state index < -0.39 is 29.9 Å². The van der Waals surface area contributed by atoms with Crippen LogP contribution in [-0.2, 0) is 22.8 Å². The highest BCUT2D eigenvalue weighted by atomic mass is 19.4. The first-order valence-corrected chi connectivity index (χ1v) is 11.4. The number of halogens is 3. The molecular formula is C22H32F3N5O3. The smallest absolute Gasteiger partial charge is 0.338 e. The summed E-state index contributed by atoms with van der Waals surface area (Å²) in [5.74, 6) is -0.415. The third-order valence-electron chi connectivity index (χ3n) is 6.90. The Bertz CT molecular complexity index is 858. The Balaban J connectivity index is 1.68. The van der Waals surface area contributed by atoms with Crippen LogP contribution < -0.4 is 0 Å². The summed E-state index contributed by atoms with van der Waals surface area (Å²) in [5, 5.41) is 3.41. The Labute approximate surface area is 191 Å². The number of amides is 2. The summed E-state index contributed by atoms with van der Waals surface area (Å²) in [6.45, 7) is 2.81. The fourth-order valence-electron chi connectivity index (χ4n) is 4.79. The van der Waals surface area contributed by atoms with Gasteiger partial charge in [0.25, 0.3) is 5.91 Å². The summed E-state index contributed by atoms with van der Waals surface area (Å²) in [4.78, 5) is 42.7. The van der Waals surface area contributed by atoms with Crippen LogP contribution in [0.3, 0.4) is 0 Å². The van der Waals surface area contributed by atoms with Crippen LogP contribution in [0.1, 0.15) is 55.2 Å². The van der Waals surface area contributed by atoms with Crippen molar-refractivity contribution in [1.29, 1.82) is 0 Å². The van der Waals surface area contributed by atoms with E-state index in [9.17, 15) is 27.6 Å². The molecule has 2 amide bonds. The quantitative estimate of drug-likeness (QED) is 0.595. The lowest BCUT2D eigenvalue weighted by molar-refractivity contribution is -0.142. The normalized spacial score (nSPS) is 20.1. The van der Waals surface area contributed by atoms with Crippen LogP contribution in [0.5, 0.6) is 0 Å². The average molecular weight is 472 g/mol. The first-order valence-electron chi connectivity index (χ1n) is 11.4. The van der Waals surface area contributed by atoms with E-state index in [1.807, 2.05) is 4.90 Å². The third-order valence-corrected chi connectivity index (χ3v) is 6.90. The van der Waals surface area contributed by atoms with Gasteiger partial charge in [0, 0.05) is 39.3 Å². The molecule has 0 N–H and O–H groups in total. The molecule has 2 fully saturated rings. The highest BCUT2D eigenvalue weighted by molar-refractivity contribution is 5.93. The van der Waals surface area contributed by atoms with Gasteiger partial charge in [0.1, 0.15) is 12.0 Å². The van der Waals surface area contributed by atoms with Gasteiger partial charge in [-0.25, -0.2) is 0 Å². The Morgan fingerprint density at radius 2 is 1.70 bits per heavy atom. The molecule has 1 aliphatic heterocycles. The lowest BCUT2D eigenvalue weighted by Crippen LogP contribution is -2.58. The van der Waals surface area contributed by atoms with Crippen molar-refractivity contribution < 1.29 is 27.6 Å². The zero-order chi connectivity index (χ0) is 24.3. The van der Waals surface area contributed by atoms with E-state index in [4.69, 9.17) is 0 Å². The van der Waals surface area contributed by atoms with Crippen LogP contribution in [0.2, 0.25) is 0 Å². The van der Waals surface area contributed by atoms with Crippen molar-refractivity contribution >= 4 is 18.1 Å². The lowest BCUT2D eigenvalue weighted by Gasteiger charge is -2.42. The van der Waals surface area contributed by atoms with Crippen molar-refractivity contribution in [2.75, 3.05) is 33.2 Å². The number of likely N-dealkylation sites (N-methyl/N-ethyl adjacent to an activating group) is 1. The minimum absolute atomic E-state index is 0.0508. The molecule has 0 spiro atoms. The Hall–Kier alpha value is -2.43. The monoisotopic (exact) mass is 471 g/mol. The van der Waals surface area contributed by atoms with E-state index in [0.29, 0.717) is 13.1 Å². The Kier molecular flexibility index (Phi) is 7.81. The maximum Gasteiger partial charge on any atom is 0.435 e. The standard InChI is InChI=1S/C22H32F3N5O3/c1-15(14-31)27(2)19(16-7-5-4-6-8-16)21(33)30-11-9-29(10-12-30)20(32)17-13-18(22(23,24)25)26-28(17)3/h13-16,19H,4-12H2,1-3H3. The van der Waals surface area contributed by atoms with E-state index in [1.165, 1.54) is 11.9 Å². The van der Waals surface area contributed by atoms with Gasteiger partial charge in [-0.15, -0.1) is 0 Å². The van der Waals surface area contributed by atoms with E-state index in [2.05, 4.69) is 5.10 Å². The molecule has 1 aromatic rings. The fraction of sp³-hybridized carbons (Fsp3) is 0.727. The van der Waals surface area contributed by atoms with Gasteiger partial charge >= 0.3 is 6.18 Å². The number of hydrogen-bond acceptors (Lipinski definition) is 5. The second kappa shape index (κ2) is 10.2. The van der Waals surface area contributed by atoms with Gasteiger partial charge in [0.05, 0.1) is 12.1 Å². The summed E-state index contributed by atoms with van der Waals surface area (Å²) in [7, 11) is 3.11. The van der Waals surface area contributed by atoms with Crippen molar-refractivity contribution in [1.82, 2.24) is 24.5 Å². The topological polar surface area (TPSA) is 78.8 Å². The molecule has 11 heteroatoms. The molecule has 8 nitrogen and oxygen atoms in total. The number of aromatic nitrogens is 2. The van der Waals surface area contributed by atoms with E-state index in [0.717, 1.165) is 49.1 Å². The molecule has 1 saturated heterocycles. The van der Waals surface area contributed by atoms with Crippen molar-refractivity contribution in [3.8, 4) is 0 Å². The maximum absolute atomic E-state index is 13.5. The Morgan fingerprint density at radius 1 is 1.12 bits per heavy atom. The number of hydrogen-bond donors (Lipinski definition) is 0. The van der Waals surface area contributed by atoms with Gasteiger partial charge in [0.15, 0.2) is 5.69 Å².